The molecule has 1 atom stereocenters. The van der Waals surface area contributed by atoms with E-state index >= 15 is 0 Å². The van der Waals surface area contributed by atoms with Crippen LogP contribution in [0.25, 0.3) is 0 Å². The summed E-state index contributed by atoms with van der Waals surface area (Å²) in [6, 6.07) is 6.17. The first-order valence-electron chi connectivity index (χ1n) is 8.90. The van der Waals surface area contributed by atoms with Crippen molar-refractivity contribution in [2.45, 2.75) is 24.1 Å². The number of hydrogen-bond acceptors (Lipinski definition) is 7. The van der Waals surface area contributed by atoms with Crippen LogP contribution in [0.3, 0.4) is 0 Å². The highest BCUT2D eigenvalue weighted by atomic mass is 35.5. The highest BCUT2D eigenvalue weighted by Gasteiger charge is 2.17. The molecule has 11 heteroatoms. The molecule has 1 aliphatic rings. The Kier molecular flexibility index (Phi) is 7.13. The smallest absolute Gasteiger partial charge is 0.277 e. The Morgan fingerprint density at radius 2 is 2.10 bits per heavy atom. The molecule has 1 aromatic heterocycles. The molecule has 0 unspecified atom stereocenters. The van der Waals surface area contributed by atoms with Crippen molar-refractivity contribution in [3.8, 4) is 0 Å². The van der Waals surface area contributed by atoms with E-state index in [-0.39, 0.29) is 34.4 Å². The number of nitrogens with one attached hydrogen (secondary N) is 3. The van der Waals surface area contributed by atoms with E-state index in [2.05, 4.69) is 20.6 Å². The van der Waals surface area contributed by atoms with Gasteiger partial charge in [-0.15, -0.1) is 0 Å². The number of ether oxygens (including phenoxy) is 1. The molecular formula is C18H20ClN5O4S. The number of nitrogens with zero attached hydrogens (tertiary/aromatic N) is 1. The maximum absolute atomic E-state index is 12.3. The maximum atomic E-state index is 12.3. The molecule has 3 rings (SSSR count). The monoisotopic (exact) mass is 437 g/mol. The number of hydrogen-bond donors (Lipinski definition) is 4. The number of nitrogens with two attached hydrogens (primary N) is 1. The van der Waals surface area contributed by atoms with Crippen molar-refractivity contribution in [3.63, 3.8) is 0 Å². The van der Waals surface area contributed by atoms with Gasteiger partial charge in [-0.05, 0) is 37.1 Å². The minimum atomic E-state index is -0.609. The van der Waals surface area contributed by atoms with Crippen LogP contribution in [-0.2, 0) is 9.53 Å². The lowest BCUT2D eigenvalue weighted by molar-refractivity contribution is -0.119. The van der Waals surface area contributed by atoms with Crippen LogP contribution in [0.1, 0.15) is 23.2 Å². The van der Waals surface area contributed by atoms with Gasteiger partial charge in [-0.2, -0.15) is 0 Å². The van der Waals surface area contributed by atoms with Crippen LogP contribution in [-0.4, -0.2) is 46.8 Å². The van der Waals surface area contributed by atoms with E-state index in [1.54, 1.807) is 12.1 Å². The molecule has 2 heterocycles. The molecule has 5 N–H and O–H groups in total. The fraction of sp³-hybridized carbons (Fsp3) is 0.333. The highest BCUT2D eigenvalue weighted by Crippen LogP contribution is 2.18. The summed E-state index contributed by atoms with van der Waals surface area (Å²) in [5.41, 5.74) is 5.37. The van der Waals surface area contributed by atoms with Crippen molar-refractivity contribution in [3.05, 3.63) is 45.2 Å². The SMILES string of the molecule is Nc1nc(SCC(=O)NC[C@H]2CCCO2)[nH]c(=O)c1NC(=O)c1ccc(Cl)cc1. The number of aromatic amines is 1. The molecule has 0 radical (unpaired) electrons. The van der Waals surface area contributed by atoms with E-state index in [1.807, 2.05) is 0 Å². The Hall–Kier alpha value is -2.56. The Labute approximate surface area is 175 Å². The molecule has 0 saturated carbocycles. The summed E-state index contributed by atoms with van der Waals surface area (Å²) < 4.78 is 5.44. The predicted molar refractivity (Wildman–Crippen MR) is 111 cm³/mol. The number of nitrogen functional groups attached to an aromatic ring is 1. The van der Waals surface area contributed by atoms with Crippen molar-refractivity contribution in [1.82, 2.24) is 15.3 Å². The number of anilines is 2. The average Bonchev–Trinajstić information content (AvgIpc) is 3.21. The van der Waals surface area contributed by atoms with E-state index in [9.17, 15) is 14.4 Å². The first-order chi connectivity index (χ1) is 13.9. The summed E-state index contributed by atoms with van der Waals surface area (Å²) in [7, 11) is 0. The first-order valence-corrected chi connectivity index (χ1v) is 10.3. The Morgan fingerprint density at radius 1 is 1.34 bits per heavy atom. The van der Waals surface area contributed by atoms with E-state index in [1.165, 1.54) is 12.1 Å². The van der Waals surface area contributed by atoms with Gasteiger partial charge in [0.25, 0.3) is 11.5 Å². The van der Waals surface area contributed by atoms with Gasteiger partial charge in [-0.1, -0.05) is 23.4 Å². The third-order valence-corrected chi connectivity index (χ3v) is 5.29. The second kappa shape index (κ2) is 9.77. The Morgan fingerprint density at radius 3 is 2.76 bits per heavy atom. The second-order valence-corrected chi connectivity index (χ2v) is 7.72. The van der Waals surface area contributed by atoms with Crippen LogP contribution in [0.5, 0.6) is 0 Å². The van der Waals surface area contributed by atoms with Crippen molar-refractivity contribution < 1.29 is 14.3 Å². The van der Waals surface area contributed by atoms with Gasteiger partial charge in [0, 0.05) is 23.7 Å². The minimum absolute atomic E-state index is 0.0565. The molecular weight excluding hydrogens is 418 g/mol. The van der Waals surface area contributed by atoms with Crippen molar-refractivity contribution in [2.75, 3.05) is 30.0 Å². The number of thioether (sulfide) groups is 1. The third-order valence-electron chi connectivity index (χ3n) is 4.16. The molecule has 1 aromatic carbocycles. The van der Waals surface area contributed by atoms with E-state index in [0.717, 1.165) is 31.2 Å². The number of rotatable bonds is 7. The molecule has 2 amide bonds. The molecule has 0 aliphatic carbocycles. The lowest BCUT2D eigenvalue weighted by Crippen LogP contribution is -2.33. The van der Waals surface area contributed by atoms with E-state index in [4.69, 9.17) is 22.1 Å². The van der Waals surface area contributed by atoms with Gasteiger partial charge in [0.1, 0.15) is 5.69 Å². The molecule has 9 nitrogen and oxygen atoms in total. The number of aromatic nitrogens is 2. The fourth-order valence-corrected chi connectivity index (χ4v) is 3.49. The Bertz CT molecular complexity index is 944. The van der Waals surface area contributed by atoms with Gasteiger partial charge in [0.05, 0.1) is 11.9 Å². The summed E-state index contributed by atoms with van der Waals surface area (Å²) in [4.78, 5) is 43.0. The standard InChI is InChI=1S/C18H20ClN5O4S/c19-11-5-3-10(4-6-11)16(26)22-14-15(20)23-18(24-17(14)27)29-9-13(25)21-8-12-2-1-7-28-12/h3-6,12H,1-2,7-9H2,(H,21,25)(H,22,26)(H3,20,23,24,27)/t12-/m1/s1. The number of H-pyrrole nitrogens is 1. The second-order valence-electron chi connectivity index (χ2n) is 6.32. The van der Waals surface area contributed by atoms with Crippen molar-refractivity contribution in [1.29, 1.82) is 0 Å². The summed E-state index contributed by atoms with van der Waals surface area (Å²) in [5.74, 6) is -0.800. The van der Waals surface area contributed by atoms with Gasteiger partial charge in [0.15, 0.2) is 11.0 Å². The van der Waals surface area contributed by atoms with Gasteiger partial charge in [-0.3, -0.25) is 19.4 Å². The Balaban J connectivity index is 1.57. The number of halogens is 1. The van der Waals surface area contributed by atoms with Crippen LogP contribution in [0.2, 0.25) is 5.02 Å². The third kappa shape index (κ3) is 5.96. The molecule has 154 valence electrons. The zero-order valence-electron chi connectivity index (χ0n) is 15.4. The molecule has 2 aromatic rings. The zero-order valence-corrected chi connectivity index (χ0v) is 16.9. The van der Waals surface area contributed by atoms with Crippen LogP contribution >= 0.6 is 23.4 Å². The van der Waals surface area contributed by atoms with Gasteiger partial charge in [0.2, 0.25) is 5.91 Å². The van der Waals surface area contributed by atoms with Crippen LogP contribution in [0, 0.1) is 0 Å². The molecule has 1 saturated heterocycles. The zero-order chi connectivity index (χ0) is 20.8. The predicted octanol–water partition coefficient (Wildman–Crippen LogP) is 1.65. The fourth-order valence-electron chi connectivity index (χ4n) is 2.66. The van der Waals surface area contributed by atoms with Crippen molar-refractivity contribution in [2.24, 2.45) is 0 Å². The van der Waals surface area contributed by atoms with Gasteiger partial charge in [-0.25, -0.2) is 4.98 Å². The maximum Gasteiger partial charge on any atom is 0.277 e. The summed E-state index contributed by atoms with van der Waals surface area (Å²) >= 11 is 6.83. The average molecular weight is 438 g/mol. The molecule has 29 heavy (non-hydrogen) atoms. The number of amides is 2. The van der Waals surface area contributed by atoms with Crippen LogP contribution in [0.15, 0.2) is 34.2 Å². The quantitative estimate of drug-likeness (QED) is 0.381. The van der Waals surface area contributed by atoms with Crippen LogP contribution < -0.4 is 21.9 Å². The molecule has 0 bridgehead atoms. The van der Waals surface area contributed by atoms with E-state index < -0.39 is 11.5 Å². The first kappa shape index (κ1) is 21.2. The van der Waals surface area contributed by atoms with Crippen LogP contribution in [0.4, 0.5) is 11.5 Å². The number of carbonyl (C=O) groups excluding carboxylic acids is 2. The molecule has 1 fully saturated rings. The summed E-state index contributed by atoms with van der Waals surface area (Å²) in [6.45, 7) is 1.18. The summed E-state index contributed by atoms with van der Waals surface area (Å²) in [6.07, 6.45) is 1.99. The number of benzene rings is 1. The van der Waals surface area contributed by atoms with Gasteiger partial charge >= 0.3 is 0 Å². The number of carbonyl (C=O) groups is 2. The highest BCUT2D eigenvalue weighted by molar-refractivity contribution is 7.99. The normalized spacial score (nSPS) is 15.8. The molecule has 1 aliphatic heterocycles. The van der Waals surface area contributed by atoms with Gasteiger partial charge < -0.3 is 21.1 Å². The molecule has 0 spiro atoms. The lowest BCUT2D eigenvalue weighted by atomic mass is 10.2. The van der Waals surface area contributed by atoms with Crippen molar-refractivity contribution >= 4 is 46.7 Å². The largest absolute Gasteiger partial charge is 0.382 e. The lowest BCUT2D eigenvalue weighted by Gasteiger charge is -2.11. The topological polar surface area (TPSA) is 139 Å². The van der Waals surface area contributed by atoms with E-state index in [0.29, 0.717) is 17.1 Å². The summed E-state index contributed by atoms with van der Waals surface area (Å²) in [5, 5.41) is 5.90. The minimum Gasteiger partial charge on any atom is -0.382 e.